The van der Waals surface area contributed by atoms with E-state index in [-0.39, 0.29) is 154 Å². The first-order valence-electron chi connectivity index (χ1n) is 4.96. The zero-order valence-corrected chi connectivity index (χ0v) is 22.5. The molecule has 0 amide bonds. The second-order valence-electron chi connectivity index (χ2n) is 3.18. The summed E-state index contributed by atoms with van der Waals surface area (Å²) in [6.07, 6.45) is 0. The van der Waals surface area contributed by atoms with Crippen LogP contribution in [0.15, 0.2) is 60.7 Å². The summed E-state index contributed by atoms with van der Waals surface area (Å²) in [7, 11) is -5.39. The Hall–Kier alpha value is 3.26. The number of ether oxygens (including phenoxy) is 1. The van der Waals surface area contributed by atoms with E-state index in [1.54, 1.807) is 0 Å². The second-order valence-corrected chi connectivity index (χ2v) is 4.07. The van der Waals surface area contributed by atoms with Gasteiger partial charge in [0.05, 0.1) is 0 Å². The molecule has 96 valence electrons. The van der Waals surface area contributed by atoms with Gasteiger partial charge in [0.15, 0.2) is 0 Å². The first kappa shape index (κ1) is 29.0. The fraction of sp³-hybridized carbons (Fsp3) is 0. The Balaban J connectivity index is -0.000000360. The first-order chi connectivity index (χ1) is 8.45. The van der Waals surface area contributed by atoms with Gasteiger partial charge in [-0.05, 0) is 24.3 Å². The summed E-state index contributed by atoms with van der Waals surface area (Å²) in [6, 6.07) is 19.5. The van der Waals surface area contributed by atoms with Gasteiger partial charge in [-0.3, -0.25) is 0 Å². The normalized spacial score (nSPS) is 8.71. The van der Waals surface area contributed by atoms with E-state index in [1.165, 1.54) is 0 Å². The number of hydrogen-bond donors (Lipinski definition) is 0. The molecule has 0 aliphatic rings. The number of phosphoric acid groups is 1. The molecule has 0 saturated carbocycles. The van der Waals surface area contributed by atoms with Crippen LogP contribution in [-0.2, 0) is 4.57 Å². The topological polar surface area (TPSA) is 95.5 Å². The Kier molecular flexibility index (Phi) is 23.1. The molecule has 2 aromatic carbocycles. The van der Waals surface area contributed by atoms with Crippen LogP contribution in [0.4, 0.5) is 0 Å². The van der Waals surface area contributed by atoms with Gasteiger partial charge in [-0.15, -0.1) is 0 Å². The van der Waals surface area contributed by atoms with E-state index in [1.807, 2.05) is 60.7 Å². The summed E-state index contributed by atoms with van der Waals surface area (Å²) in [4.78, 5) is 25.6. The van der Waals surface area contributed by atoms with Gasteiger partial charge in [-0.25, -0.2) is 0 Å². The summed E-state index contributed by atoms with van der Waals surface area (Å²) >= 11 is 0. The Morgan fingerprint density at radius 2 is 0.905 bits per heavy atom. The molecule has 0 atom stereocenters. The number of benzene rings is 2. The van der Waals surface area contributed by atoms with E-state index in [9.17, 15) is 0 Å². The molecule has 0 unspecified atom stereocenters. The van der Waals surface area contributed by atoms with Crippen LogP contribution in [-0.4, -0.2) is 0 Å². The van der Waals surface area contributed by atoms with Crippen molar-refractivity contribution in [1.82, 2.24) is 0 Å². The molecule has 0 aliphatic carbocycles. The van der Waals surface area contributed by atoms with Crippen LogP contribution in [0.3, 0.4) is 0 Å². The molecule has 5 nitrogen and oxygen atoms in total. The number of para-hydroxylation sites is 2. The Bertz CT molecular complexity index is 461. The van der Waals surface area contributed by atoms with Crippen molar-refractivity contribution in [2.24, 2.45) is 0 Å². The van der Waals surface area contributed by atoms with Crippen molar-refractivity contribution < 1.29 is 178 Å². The molecular formula is C12H10K3O5P. The van der Waals surface area contributed by atoms with Crippen LogP contribution in [0, 0.1) is 0 Å². The molecule has 0 aromatic heterocycles. The molecule has 0 spiro atoms. The Morgan fingerprint density at radius 3 is 1.14 bits per heavy atom. The predicted molar refractivity (Wildman–Crippen MR) is 60.6 cm³/mol. The van der Waals surface area contributed by atoms with E-state index >= 15 is 0 Å². The molecule has 21 heavy (non-hydrogen) atoms. The minimum Gasteiger partial charge on any atom is -0.822 e. The molecule has 2 rings (SSSR count). The zero-order chi connectivity index (χ0) is 13.4. The molecule has 0 heterocycles. The second kappa shape index (κ2) is 16.7. The minimum absolute atomic E-state index is 0. The third-order valence-corrected chi connectivity index (χ3v) is 1.72. The van der Waals surface area contributed by atoms with Crippen molar-refractivity contribution >= 4 is 7.82 Å². The smallest absolute Gasteiger partial charge is 0.822 e. The monoisotopic (exact) mass is 382 g/mol. The average Bonchev–Trinajstić information content (AvgIpc) is 2.29. The van der Waals surface area contributed by atoms with Crippen molar-refractivity contribution in [2.75, 3.05) is 0 Å². The van der Waals surface area contributed by atoms with Gasteiger partial charge < -0.3 is 24.0 Å². The van der Waals surface area contributed by atoms with Crippen LogP contribution < -0.4 is 174 Å². The quantitative estimate of drug-likeness (QED) is 0.380. The summed E-state index contributed by atoms with van der Waals surface area (Å²) in [5.41, 5.74) is 0. The van der Waals surface area contributed by atoms with Crippen molar-refractivity contribution in [2.45, 2.75) is 0 Å². The van der Waals surface area contributed by atoms with Crippen molar-refractivity contribution in [3.8, 4) is 11.5 Å². The van der Waals surface area contributed by atoms with Gasteiger partial charge in [-0.1, -0.05) is 36.4 Å². The van der Waals surface area contributed by atoms with Crippen LogP contribution in [0.25, 0.3) is 0 Å². The van der Waals surface area contributed by atoms with Crippen molar-refractivity contribution in [3.63, 3.8) is 0 Å². The maximum absolute atomic E-state index is 8.55. The number of rotatable bonds is 2. The van der Waals surface area contributed by atoms with Crippen molar-refractivity contribution in [3.05, 3.63) is 60.7 Å². The van der Waals surface area contributed by atoms with Gasteiger partial charge in [0.2, 0.25) is 0 Å². The van der Waals surface area contributed by atoms with Gasteiger partial charge in [0, 0.05) is 0 Å². The minimum atomic E-state index is -5.39. The summed E-state index contributed by atoms with van der Waals surface area (Å²) in [5.74, 6) is 1.74. The molecule has 0 bridgehead atoms. The predicted octanol–water partition coefficient (Wildman–Crippen LogP) is -8.33. The molecule has 0 N–H and O–H groups in total. The maximum atomic E-state index is 8.55. The fourth-order valence-corrected chi connectivity index (χ4v) is 1.11. The van der Waals surface area contributed by atoms with Crippen LogP contribution in [0.2, 0.25) is 0 Å². The summed E-state index contributed by atoms with van der Waals surface area (Å²) in [5, 5.41) is 0. The average molecular weight is 382 g/mol. The molecular weight excluding hydrogens is 372 g/mol. The molecule has 2 aromatic rings. The van der Waals surface area contributed by atoms with Crippen molar-refractivity contribution in [1.29, 1.82) is 0 Å². The Labute approximate surface area is 251 Å². The maximum Gasteiger partial charge on any atom is 1.00 e. The molecule has 9 heteroatoms. The largest absolute Gasteiger partial charge is 1.00 e. The zero-order valence-electron chi connectivity index (χ0n) is 12.3. The third kappa shape index (κ3) is 19.4. The standard InChI is InChI=1S/C12H10O.3K.H3O4P/c1-3-7-11(8-4-1)13-12-9-5-2-6-10-12;;;;1-5(2,3)4/h1-10H;;;;(H3,1,2,3,4)/q;3*+1;/p-3. The Morgan fingerprint density at radius 1 is 0.667 bits per heavy atom. The van der Waals surface area contributed by atoms with E-state index in [0.717, 1.165) is 11.5 Å². The molecule has 0 aliphatic heterocycles. The van der Waals surface area contributed by atoms with Gasteiger partial charge in [0.1, 0.15) is 11.5 Å². The van der Waals surface area contributed by atoms with Crippen LogP contribution in [0.5, 0.6) is 11.5 Å². The molecule has 0 fully saturated rings. The molecule has 0 saturated heterocycles. The van der Waals surface area contributed by atoms with E-state index in [0.29, 0.717) is 0 Å². The first-order valence-corrected chi connectivity index (χ1v) is 6.42. The summed E-state index contributed by atoms with van der Waals surface area (Å²) < 4.78 is 14.1. The van der Waals surface area contributed by atoms with E-state index in [2.05, 4.69) is 0 Å². The fourth-order valence-electron chi connectivity index (χ4n) is 1.11. The number of hydrogen-bond acceptors (Lipinski definition) is 5. The van der Waals surface area contributed by atoms with Crippen LogP contribution in [0.1, 0.15) is 0 Å². The SMILES string of the molecule is O=P([O-])([O-])[O-].[K+].[K+].[K+].c1ccc(Oc2ccccc2)cc1. The molecule has 0 radical (unpaired) electrons. The van der Waals surface area contributed by atoms with E-state index < -0.39 is 7.82 Å². The third-order valence-electron chi connectivity index (χ3n) is 1.72. The van der Waals surface area contributed by atoms with Gasteiger partial charge in [-0.2, -0.15) is 7.82 Å². The van der Waals surface area contributed by atoms with Crippen LogP contribution >= 0.6 is 7.82 Å². The van der Waals surface area contributed by atoms with E-state index in [4.69, 9.17) is 24.0 Å². The summed E-state index contributed by atoms with van der Waals surface area (Å²) in [6.45, 7) is 0. The van der Waals surface area contributed by atoms with Gasteiger partial charge in [0.25, 0.3) is 0 Å². The van der Waals surface area contributed by atoms with Gasteiger partial charge >= 0.3 is 154 Å².